The largest absolute Gasteiger partial charge is 0.496 e. The Morgan fingerprint density at radius 2 is 1.68 bits per heavy atom. The highest BCUT2D eigenvalue weighted by Gasteiger charge is 2.47. The van der Waals surface area contributed by atoms with Crippen molar-refractivity contribution in [2.24, 2.45) is 0 Å². The molecule has 1 amide bonds. The lowest BCUT2D eigenvalue weighted by atomic mass is 9.63. The maximum atomic E-state index is 13.2. The molecule has 0 unspecified atom stereocenters. The minimum Gasteiger partial charge on any atom is -0.496 e. The zero-order valence-corrected chi connectivity index (χ0v) is 15.0. The predicted molar refractivity (Wildman–Crippen MR) is 99.4 cm³/mol. The standard InChI is InChI=1S/C21H25NO3/c1-15(2)25-19-12-7-5-10-17(19)22-20(23)21(13-8-14-21)16-9-4-6-11-18(16)24-3/h4-7,9-12,15H,8,13-14H2,1-3H3,(H,22,23). The molecule has 0 aromatic heterocycles. The third-order valence-corrected chi connectivity index (χ3v) is 4.76. The summed E-state index contributed by atoms with van der Waals surface area (Å²) in [6, 6.07) is 15.4. The fourth-order valence-corrected chi connectivity index (χ4v) is 3.36. The Bertz CT molecular complexity index is 750. The van der Waals surface area contributed by atoms with Crippen LogP contribution >= 0.6 is 0 Å². The molecule has 25 heavy (non-hydrogen) atoms. The molecular weight excluding hydrogens is 314 g/mol. The molecule has 0 aliphatic heterocycles. The first kappa shape index (κ1) is 17.3. The van der Waals surface area contributed by atoms with Crippen LogP contribution in [0.5, 0.6) is 11.5 Å². The van der Waals surface area contributed by atoms with Crippen molar-refractivity contribution in [3.05, 3.63) is 54.1 Å². The first-order valence-corrected chi connectivity index (χ1v) is 8.77. The number of rotatable bonds is 6. The molecule has 0 spiro atoms. The van der Waals surface area contributed by atoms with Gasteiger partial charge < -0.3 is 14.8 Å². The molecule has 1 fully saturated rings. The van der Waals surface area contributed by atoms with Gasteiger partial charge in [-0.1, -0.05) is 36.8 Å². The normalized spacial score (nSPS) is 15.4. The number of methoxy groups -OCH3 is 1. The quantitative estimate of drug-likeness (QED) is 0.840. The van der Waals surface area contributed by atoms with Crippen LogP contribution in [0, 0.1) is 0 Å². The number of anilines is 1. The summed E-state index contributed by atoms with van der Waals surface area (Å²) in [5.74, 6) is 1.47. The van der Waals surface area contributed by atoms with Crippen LogP contribution in [0.2, 0.25) is 0 Å². The summed E-state index contributed by atoms with van der Waals surface area (Å²) < 4.78 is 11.3. The fourth-order valence-electron chi connectivity index (χ4n) is 3.36. The van der Waals surface area contributed by atoms with Crippen LogP contribution in [-0.2, 0) is 10.2 Å². The van der Waals surface area contributed by atoms with E-state index < -0.39 is 5.41 Å². The monoisotopic (exact) mass is 339 g/mol. The average molecular weight is 339 g/mol. The van der Waals surface area contributed by atoms with Gasteiger partial charge in [0.05, 0.1) is 24.3 Å². The molecule has 0 radical (unpaired) electrons. The van der Waals surface area contributed by atoms with E-state index in [2.05, 4.69) is 5.32 Å². The number of nitrogens with one attached hydrogen (secondary N) is 1. The van der Waals surface area contributed by atoms with Gasteiger partial charge >= 0.3 is 0 Å². The average Bonchev–Trinajstić information content (AvgIpc) is 2.56. The second-order valence-corrected chi connectivity index (χ2v) is 6.75. The smallest absolute Gasteiger partial charge is 0.235 e. The van der Waals surface area contributed by atoms with Crippen molar-refractivity contribution in [1.29, 1.82) is 0 Å². The van der Waals surface area contributed by atoms with E-state index in [4.69, 9.17) is 9.47 Å². The lowest BCUT2D eigenvalue weighted by Gasteiger charge is -2.41. The first-order chi connectivity index (χ1) is 12.1. The number of hydrogen-bond donors (Lipinski definition) is 1. The number of carbonyl (C=O) groups excluding carboxylic acids is 1. The van der Waals surface area contributed by atoms with E-state index in [1.54, 1.807) is 7.11 Å². The van der Waals surface area contributed by atoms with Crippen LogP contribution in [-0.4, -0.2) is 19.1 Å². The number of benzene rings is 2. The zero-order valence-electron chi connectivity index (χ0n) is 15.0. The number of hydrogen-bond acceptors (Lipinski definition) is 3. The molecule has 4 nitrogen and oxygen atoms in total. The lowest BCUT2D eigenvalue weighted by molar-refractivity contribution is -0.124. The minimum absolute atomic E-state index is 0.00283. The first-order valence-electron chi connectivity index (χ1n) is 8.77. The molecule has 0 heterocycles. The topological polar surface area (TPSA) is 47.6 Å². The van der Waals surface area contributed by atoms with Gasteiger partial charge in [0.15, 0.2) is 0 Å². The molecule has 1 saturated carbocycles. The predicted octanol–water partition coefficient (Wildman–Crippen LogP) is 4.54. The highest BCUT2D eigenvalue weighted by atomic mass is 16.5. The Morgan fingerprint density at radius 3 is 2.28 bits per heavy atom. The summed E-state index contributed by atoms with van der Waals surface area (Å²) in [4.78, 5) is 13.2. The molecule has 0 bridgehead atoms. The van der Waals surface area contributed by atoms with Gasteiger partial charge in [0, 0.05) is 5.56 Å². The molecule has 4 heteroatoms. The van der Waals surface area contributed by atoms with Gasteiger partial charge in [0.2, 0.25) is 5.91 Å². The molecule has 2 aromatic carbocycles. The van der Waals surface area contributed by atoms with Crippen molar-refractivity contribution < 1.29 is 14.3 Å². The Hall–Kier alpha value is -2.49. The summed E-state index contributed by atoms with van der Waals surface area (Å²) in [6.45, 7) is 3.95. The second kappa shape index (κ2) is 7.18. The molecule has 3 rings (SSSR count). The molecule has 132 valence electrons. The summed E-state index contributed by atoms with van der Waals surface area (Å²) in [6.07, 6.45) is 2.74. The van der Waals surface area contributed by atoms with Crippen molar-refractivity contribution in [3.63, 3.8) is 0 Å². The van der Waals surface area contributed by atoms with Crippen molar-refractivity contribution >= 4 is 11.6 Å². The molecular formula is C21H25NO3. The zero-order chi connectivity index (χ0) is 17.9. The van der Waals surface area contributed by atoms with Crippen molar-refractivity contribution in [2.75, 3.05) is 12.4 Å². The van der Waals surface area contributed by atoms with E-state index in [1.807, 2.05) is 62.4 Å². The van der Waals surface area contributed by atoms with Crippen LogP contribution in [0.15, 0.2) is 48.5 Å². The number of carbonyl (C=O) groups is 1. The molecule has 1 aliphatic carbocycles. The minimum atomic E-state index is -0.530. The fraction of sp³-hybridized carbons (Fsp3) is 0.381. The van der Waals surface area contributed by atoms with Gasteiger partial charge in [0.25, 0.3) is 0 Å². The SMILES string of the molecule is COc1ccccc1C1(C(=O)Nc2ccccc2OC(C)C)CCC1. The van der Waals surface area contributed by atoms with Crippen LogP contribution in [0.1, 0.15) is 38.7 Å². The third-order valence-electron chi connectivity index (χ3n) is 4.76. The highest BCUT2D eigenvalue weighted by Crippen LogP contribution is 2.48. The van der Waals surface area contributed by atoms with Crippen LogP contribution in [0.4, 0.5) is 5.69 Å². The van der Waals surface area contributed by atoms with Crippen molar-refractivity contribution in [1.82, 2.24) is 0 Å². The Morgan fingerprint density at radius 1 is 1.04 bits per heavy atom. The van der Waals surface area contributed by atoms with Gasteiger partial charge in [-0.25, -0.2) is 0 Å². The van der Waals surface area contributed by atoms with E-state index in [9.17, 15) is 4.79 Å². The van der Waals surface area contributed by atoms with Gasteiger partial charge in [-0.05, 0) is 44.9 Å². The maximum absolute atomic E-state index is 13.2. The van der Waals surface area contributed by atoms with E-state index >= 15 is 0 Å². The second-order valence-electron chi connectivity index (χ2n) is 6.75. The Labute approximate surface area is 149 Å². The van der Waals surface area contributed by atoms with E-state index in [0.717, 1.165) is 30.6 Å². The number of ether oxygens (including phenoxy) is 2. The highest BCUT2D eigenvalue weighted by molar-refractivity contribution is 6.01. The van der Waals surface area contributed by atoms with E-state index in [0.29, 0.717) is 11.4 Å². The van der Waals surface area contributed by atoms with Crippen LogP contribution in [0.25, 0.3) is 0 Å². The van der Waals surface area contributed by atoms with Gasteiger partial charge in [0.1, 0.15) is 11.5 Å². The molecule has 0 atom stereocenters. The summed E-state index contributed by atoms with van der Waals surface area (Å²) in [5, 5.41) is 3.09. The van der Waals surface area contributed by atoms with E-state index in [-0.39, 0.29) is 12.0 Å². The summed E-state index contributed by atoms with van der Waals surface area (Å²) >= 11 is 0. The summed E-state index contributed by atoms with van der Waals surface area (Å²) in [5.41, 5.74) is 1.14. The van der Waals surface area contributed by atoms with Gasteiger partial charge in [-0.3, -0.25) is 4.79 Å². The summed E-state index contributed by atoms with van der Waals surface area (Å²) in [7, 11) is 1.65. The third kappa shape index (κ3) is 3.34. The molecule has 1 N–H and O–H groups in total. The van der Waals surface area contributed by atoms with Crippen LogP contribution in [0.3, 0.4) is 0 Å². The molecule has 1 aliphatic rings. The van der Waals surface area contributed by atoms with E-state index in [1.165, 1.54) is 0 Å². The van der Waals surface area contributed by atoms with Crippen molar-refractivity contribution in [2.45, 2.75) is 44.6 Å². The Balaban J connectivity index is 1.90. The lowest BCUT2D eigenvalue weighted by Crippen LogP contribution is -2.46. The van der Waals surface area contributed by atoms with Gasteiger partial charge in [-0.15, -0.1) is 0 Å². The maximum Gasteiger partial charge on any atom is 0.235 e. The van der Waals surface area contributed by atoms with Crippen molar-refractivity contribution in [3.8, 4) is 11.5 Å². The van der Waals surface area contributed by atoms with Crippen LogP contribution < -0.4 is 14.8 Å². The molecule has 2 aromatic rings. The van der Waals surface area contributed by atoms with Gasteiger partial charge in [-0.2, -0.15) is 0 Å². The Kier molecular flexibility index (Phi) is 4.98. The molecule has 0 saturated heterocycles. The number of para-hydroxylation sites is 3. The number of amides is 1.